The molecule has 7 nitrogen and oxygen atoms in total. The van der Waals surface area contributed by atoms with Crippen molar-refractivity contribution in [3.63, 3.8) is 0 Å². The van der Waals surface area contributed by atoms with Crippen LogP contribution in [0.25, 0.3) is 0 Å². The molecule has 1 aromatic rings. The largest absolute Gasteiger partial charge is 0.493 e. The van der Waals surface area contributed by atoms with Gasteiger partial charge in [-0.1, -0.05) is 13.8 Å². The van der Waals surface area contributed by atoms with Gasteiger partial charge in [0.05, 0.1) is 33.2 Å². The first-order valence-electron chi connectivity index (χ1n) is 8.16. The van der Waals surface area contributed by atoms with Gasteiger partial charge in [-0.15, -0.1) is 0 Å². The standard InChI is InChI=1S/C18H27NO6/c1-6-18(7-2,17(21)22)11-19-15(20)10-12-8-13(23-3)16(25-5)14(9-12)24-4/h8-9H,6-7,10-11H2,1-5H3,(H,19,20)(H,21,22). The Bertz CT molecular complexity index is 585. The monoisotopic (exact) mass is 353 g/mol. The Morgan fingerprint density at radius 3 is 1.92 bits per heavy atom. The molecule has 0 radical (unpaired) electrons. The molecule has 0 fully saturated rings. The number of methoxy groups -OCH3 is 3. The number of carbonyl (C=O) groups is 2. The van der Waals surface area contributed by atoms with Gasteiger partial charge in [0.1, 0.15) is 0 Å². The van der Waals surface area contributed by atoms with Gasteiger partial charge in [0.2, 0.25) is 11.7 Å². The van der Waals surface area contributed by atoms with Gasteiger partial charge in [0.25, 0.3) is 0 Å². The molecule has 140 valence electrons. The number of amides is 1. The van der Waals surface area contributed by atoms with Gasteiger partial charge < -0.3 is 24.6 Å². The SMILES string of the molecule is CCC(CC)(CNC(=O)Cc1cc(OC)c(OC)c(OC)c1)C(=O)O. The number of carbonyl (C=O) groups excluding carboxylic acids is 1. The van der Waals surface area contributed by atoms with E-state index < -0.39 is 11.4 Å². The fourth-order valence-corrected chi connectivity index (χ4v) is 2.63. The van der Waals surface area contributed by atoms with Crippen LogP contribution in [-0.2, 0) is 16.0 Å². The van der Waals surface area contributed by atoms with Crippen LogP contribution in [0.4, 0.5) is 0 Å². The number of carboxylic acid groups (broad SMARTS) is 1. The molecule has 1 aromatic carbocycles. The molecular formula is C18H27NO6. The number of ether oxygens (including phenoxy) is 3. The molecule has 25 heavy (non-hydrogen) atoms. The van der Waals surface area contributed by atoms with Gasteiger partial charge in [0, 0.05) is 6.54 Å². The van der Waals surface area contributed by atoms with Crippen molar-refractivity contribution >= 4 is 11.9 Å². The molecule has 0 aliphatic heterocycles. The molecule has 0 saturated carbocycles. The summed E-state index contributed by atoms with van der Waals surface area (Å²) < 4.78 is 15.8. The topological polar surface area (TPSA) is 94.1 Å². The van der Waals surface area contributed by atoms with Crippen LogP contribution in [0.2, 0.25) is 0 Å². The zero-order chi connectivity index (χ0) is 19.0. The average Bonchev–Trinajstić information content (AvgIpc) is 2.61. The van der Waals surface area contributed by atoms with Crippen molar-refractivity contribution in [2.75, 3.05) is 27.9 Å². The highest BCUT2D eigenvalue weighted by molar-refractivity contribution is 5.81. The first-order valence-corrected chi connectivity index (χ1v) is 8.16. The fraction of sp³-hybridized carbons (Fsp3) is 0.556. The summed E-state index contributed by atoms with van der Waals surface area (Å²) in [7, 11) is 4.52. The smallest absolute Gasteiger partial charge is 0.311 e. The molecule has 0 aliphatic rings. The van der Waals surface area contributed by atoms with Gasteiger partial charge in [-0.3, -0.25) is 9.59 Å². The van der Waals surface area contributed by atoms with Gasteiger partial charge in [-0.05, 0) is 30.5 Å². The minimum absolute atomic E-state index is 0.0832. The van der Waals surface area contributed by atoms with Crippen molar-refractivity contribution in [1.82, 2.24) is 5.32 Å². The van der Waals surface area contributed by atoms with Crippen LogP contribution < -0.4 is 19.5 Å². The van der Waals surface area contributed by atoms with Gasteiger partial charge in [0.15, 0.2) is 11.5 Å². The highest BCUT2D eigenvalue weighted by Gasteiger charge is 2.35. The van der Waals surface area contributed by atoms with E-state index in [9.17, 15) is 14.7 Å². The molecular weight excluding hydrogens is 326 g/mol. The summed E-state index contributed by atoms with van der Waals surface area (Å²) in [5.74, 6) is 0.224. The van der Waals surface area contributed by atoms with Crippen LogP contribution in [0.15, 0.2) is 12.1 Å². The molecule has 0 unspecified atom stereocenters. The van der Waals surface area contributed by atoms with Crippen molar-refractivity contribution < 1.29 is 28.9 Å². The second-order valence-electron chi connectivity index (χ2n) is 5.78. The number of rotatable bonds is 10. The van der Waals surface area contributed by atoms with E-state index in [4.69, 9.17) is 14.2 Å². The Morgan fingerprint density at radius 2 is 1.56 bits per heavy atom. The lowest BCUT2D eigenvalue weighted by Crippen LogP contribution is -2.42. The minimum atomic E-state index is -0.940. The molecule has 0 spiro atoms. The molecule has 2 N–H and O–H groups in total. The summed E-state index contributed by atoms with van der Waals surface area (Å²) in [6.45, 7) is 3.71. The molecule has 0 bridgehead atoms. The second-order valence-corrected chi connectivity index (χ2v) is 5.78. The maximum Gasteiger partial charge on any atom is 0.311 e. The third kappa shape index (κ3) is 4.78. The van der Waals surface area contributed by atoms with E-state index >= 15 is 0 Å². The van der Waals surface area contributed by atoms with E-state index in [2.05, 4.69) is 5.32 Å². The zero-order valence-electron chi connectivity index (χ0n) is 15.5. The number of carboxylic acids is 1. The molecule has 7 heteroatoms. The predicted octanol–water partition coefficient (Wildman–Crippen LogP) is 2.26. The lowest BCUT2D eigenvalue weighted by molar-refractivity contribution is -0.149. The van der Waals surface area contributed by atoms with Crippen LogP contribution in [-0.4, -0.2) is 44.9 Å². The number of benzene rings is 1. The molecule has 1 amide bonds. The van der Waals surface area contributed by atoms with Crippen LogP contribution in [0.1, 0.15) is 32.3 Å². The maximum atomic E-state index is 12.3. The Morgan fingerprint density at radius 1 is 1.04 bits per heavy atom. The fourth-order valence-electron chi connectivity index (χ4n) is 2.63. The lowest BCUT2D eigenvalue weighted by atomic mass is 9.82. The van der Waals surface area contributed by atoms with Crippen LogP contribution in [0.5, 0.6) is 17.2 Å². The van der Waals surface area contributed by atoms with Crippen LogP contribution in [0, 0.1) is 5.41 Å². The molecule has 1 rings (SSSR count). The highest BCUT2D eigenvalue weighted by Crippen LogP contribution is 2.38. The van der Waals surface area contributed by atoms with E-state index in [1.54, 1.807) is 12.1 Å². The third-order valence-electron chi connectivity index (χ3n) is 4.52. The summed E-state index contributed by atoms with van der Waals surface area (Å²) in [6.07, 6.45) is 0.979. The lowest BCUT2D eigenvalue weighted by Gasteiger charge is -2.26. The number of hydrogen-bond donors (Lipinski definition) is 2. The third-order valence-corrected chi connectivity index (χ3v) is 4.52. The molecule has 0 aliphatic carbocycles. The summed E-state index contributed by atoms with van der Waals surface area (Å²) in [4.78, 5) is 23.7. The van der Waals surface area contributed by atoms with Crippen LogP contribution >= 0.6 is 0 Å². The zero-order valence-corrected chi connectivity index (χ0v) is 15.5. The highest BCUT2D eigenvalue weighted by atomic mass is 16.5. The maximum absolute atomic E-state index is 12.3. The summed E-state index contributed by atoms with van der Waals surface area (Å²) in [6, 6.07) is 3.40. The van der Waals surface area contributed by atoms with E-state index in [0.717, 1.165) is 0 Å². The van der Waals surface area contributed by atoms with Crippen molar-refractivity contribution in [3.05, 3.63) is 17.7 Å². The molecule has 0 aromatic heterocycles. The quantitative estimate of drug-likeness (QED) is 0.670. The Hall–Kier alpha value is -2.44. The molecule has 0 saturated heterocycles. The summed E-state index contributed by atoms with van der Waals surface area (Å²) in [5, 5.41) is 12.1. The second kappa shape index (κ2) is 9.15. The van der Waals surface area contributed by atoms with Crippen molar-refractivity contribution in [2.45, 2.75) is 33.1 Å². The first-order chi connectivity index (χ1) is 11.9. The van der Waals surface area contributed by atoms with Crippen LogP contribution in [0.3, 0.4) is 0 Å². The first kappa shape index (κ1) is 20.6. The Labute approximate surface area is 148 Å². The normalized spacial score (nSPS) is 10.9. The van der Waals surface area contributed by atoms with Gasteiger partial charge in [-0.2, -0.15) is 0 Å². The molecule has 0 heterocycles. The number of nitrogens with one attached hydrogen (secondary N) is 1. The van der Waals surface area contributed by atoms with E-state index in [1.165, 1.54) is 21.3 Å². The van der Waals surface area contributed by atoms with E-state index in [0.29, 0.717) is 35.7 Å². The summed E-state index contributed by atoms with van der Waals surface area (Å²) >= 11 is 0. The number of aliphatic carboxylic acids is 1. The predicted molar refractivity (Wildman–Crippen MR) is 93.5 cm³/mol. The van der Waals surface area contributed by atoms with E-state index in [-0.39, 0.29) is 18.9 Å². The molecule has 0 atom stereocenters. The van der Waals surface area contributed by atoms with Gasteiger partial charge >= 0.3 is 5.97 Å². The Kier molecular flexibility index (Phi) is 7.54. The minimum Gasteiger partial charge on any atom is -0.493 e. The Balaban J connectivity index is 2.88. The summed E-state index contributed by atoms with van der Waals surface area (Å²) in [5.41, 5.74) is -0.258. The van der Waals surface area contributed by atoms with Gasteiger partial charge in [-0.25, -0.2) is 0 Å². The van der Waals surface area contributed by atoms with Crippen molar-refractivity contribution in [2.24, 2.45) is 5.41 Å². The number of hydrogen-bond acceptors (Lipinski definition) is 5. The average molecular weight is 353 g/mol. The van der Waals surface area contributed by atoms with Crippen molar-refractivity contribution in [3.8, 4) is 17.2 Å². The van der Waals surface area contributed by atoms with Crippen molar-refractivity contribution in [1.29, 1.82) is 0 Å². The van der Waals surface area contributed by atoms with E-state index in [1.807, 2.05) is 13.8 Å².